The zero-order valence-corrected chi connectivity index (χ0v) is 23.4. The predicted octanol–water partition coefficient (Wildman–Crippen LogP) is 6.65. The number of hydrogen-bond acceptors (Lipinski definition) is 7. The van der Waals surface area contributed by atoms with Crippen LogP contribution in [0, 0.1) is 6.92 Å². The molecule has 192 valence electrons. The Kier molecular flexibility index (Phi) is 8.86. The summed E-state index contributed by atoms with van der Waals surface area (Å²) in [6.07, 6.45) is 0.998. The first-order valence-corrected chi connectivity index (χ1v) is 15.1. The van der Waals surface area contributed by atoms with E-state index in [2.05, 4.69) is 22.4 Å². The number of thioether (sulfide) groups is 1. The minimum Gasteiger partial charge on any atom is -0.296 e. The van der Waals surface area contributed by atoms with Crippen LogP contribution in [0.3, 0.4) is 0 Å². The first-order valence-electron chi connectivity index (χ1n) is 11.5. The number of nitrogens with zero attached hydrogens (tertiary/aromatic N) is 3. The summed E-state index contributed by atoms with van der Waals surface area (Å²) in [4.78, 5) is 13.5. The lowest BCUT2D eigenvalue weighted by atomic mass is 10.1. The Bertz CT molecular complexity index is 1470. The fourth-order valence-electron chi connectivity index (χ4n) is 3.45. The number of halogens is 1. The van der Waals surface area contributed by atoms with Crippen LogP contribution >= 0.6 is 34.7 Å². The summed E-state index contributed by atoms with van der Waals surface area (Å²) in [5.74, 6) is 0.432. The van der Waals surface area contributed by atoms with Crippen LogP contribution in [0.5, 0.6) is 0 Å². The average molecular weight is 573 g/mol. The number of rotatable bonds is 10. The molecule has 1 heterocycles. The number of sulfonamides is 1. The van der Waals surface area contributed by atoms with Crippen molar-refractivity contribution in [2.45, 2.75) is 36.0 Å². The molecule has 37 heavy (non-hydrogen) atoms. The van der Waals surface area contributed by atoms with E-state index in [1.165, 1.54) is 15.6 Å². The molecule has 4 aromatic rings. The van der Waals surface area contributed by atoms with Crippen molar-refractivity contribution >= 4 is 61.4 Å². The molecule has 1 N–H and O–H groups in total. The molecule has 0 bridgehead atoms. The highest BCUT2D eigenvalue weighted by atomic mass is 35.5. The second-order valence-corrected chi connectivity index (χ2v) is 12.8. The Morgan fingerprint density at radius 1 is 1.03 bits per heavy atom. The first-order chi connectivity index (χ1) is 17.8. The minimum absolute atomic E-state index is 0.00822. The van der Waals surface area contributed by atoms with Gasteiger partial charge in [0.25, 0.3) is 15.9 Å². The molecule has 0 aliphatic rings. The van der Waals surface area contributed by atoms with Crippen molar-refractivity contribution < 1.29 is 13.2 Å². The van der Waals surface area contributed by atoms with Crippen molar-refractivity contribution in [3.05, 3.63) is 94.5 Å². The topological polar surface area (TPSA) is 92.3 Å². The van der Waals surface area contributed by atoms with Gasteiger partial charge < -0.3 is 0 Å². The van der Waals surface area contributed by atoms with Crippen LogP contribution in [0.1, 0.15) is 34.8 Å². The van der Waals surface area contributed by atoms with E-state index < -0.39 is 15.9 Å². The van der Waals surface area contributed by atoms with Gasteiger partial charge in [-0.15, -0.1) is 10.2 Å². The summed E-state index contributed by atoms with van der Waals surface area (Å²) in [5.41, 5.74) is 2.11. The quantitative estimate of drug-likeness (QED) is 0.169. The van der Waals surface area contributed by atoms with Gasteiger partial charge in [0.2, 0.25) is 5.13 Å². The molecule has 0 fully saturated rings. The van der Waals surface area contributed by atoms with Gasteiger partial charge in [-0.25, -0.2) is 8.42 Å². The Hall–Kier alpha value is -2.92. The fraction of sp³-hybridized carbons (Fsp3) is 0.192. The molecular formula is C26H25ClN4O3S3. The standard InChI is InChI=1S/C26H25ClN4O3S3/c1-3-16-35-26-30-29-25(36-26)28-24(32)22-6-4-5-7-23(22)31(17-19-10-12-20(27)13-11-19)37(33,34)21-14-8-18(2)9-15-21/h4-15H,3,16-17H2,1-2H3,(H,28,29,32). The molecule has 0 saturated carbocycles. The SMILES string of the molecule is CCCSc1nnc(NC(=O)c2ccccc2N(Cc2ccc(Cl)cc2)S(=O)(=O)c2ccc(C)cc2)s1. The molecule has 0 spiro atoms. The lowest BCUT2D eigenvalue weighted by molar-refractivity contribution is 0.102. The Morgan fingerprint density at radius 3 is 2.43 bits per heavy atom. The van der Waals surface area contributed by atoms with Gasteiger partial charge in [-0.3, -0.25) is 14.4 Å². The fourth-order valence-corrected chi connectivity index (χ4v) is 6.72. The normalized spacial score (nSPS) is 11.3. The third kappa shape index (κ3) is 6.70. The Labute approximate surface area is 229 Å². The van der Waals surface area contributed by atoms with Crippen LogP contribution in [0.25, 0.3) is 0 Å². The van der Waals surface area contributed by atoms with Crippen molar-refractivity contribution in [1.29, 1.82) is 0 Å². The summed E-state index contributed by atoms with van der Waals surface area (Å²) in [6, 6.07) is 20.2. The second kappa shape index (κ2) is 12.1. The third-order valence-electron chi connectivity index (χ3n) is 5.32. The zero-order chi connectivity index (χ0) is 26.4. The first kappa shape index (κ1) is 27.1. The summed E-state index contributed by atoms with van der Waals surface area (Å²) in [6.45, 7) is 3.98. The molecule has 7 nitrogen and oxygen atoms in total. The number of amides is 1. The van der Waals surface area contributed by atoms with E-state index in [1.807, 2.05) is 6.92 Å². The van der Waals surface area contributed by atoms with E-state index >= 15 is 0 Å². The van der Waals surface area contributed by atoms with E-state index in [-0.39, 0.29) is 22.7 Å². The largest absolute Gasteiger partial charge is 0.296 e. The highest BCUT2D eigenvalue weighted by Crippen LogP contribution is 2.31. The number of anilines is 2. The van der Waals surface area contributed by atoms with Crippen molar-refractivity contribution in [2.24, 2.45) is 0 Å². The number of benzene rings is 3. The van der Waals surface area contributed by atoms with Crippen LogP contribution in [0.15, 0.2) is 82.0 Å². The van der Waals surface area contributed by atoms with E-state index in [1.54, 1.807) is 84.6 Å². The molecule has 4 rings (SSSR count). The number of para-hydroxylation sites is 1. The number of hydrogen-bond donors (Lipinski definition) is 1. The van der Waals surface area contributed by atoms with Crippen LogP contribution < -0.4 is 9.62 Å². The minimum atomic E-state index is -4.02. The van der Waals surface area contributed by atoms with Crippen LogP contribution in [0.2, 0.25) is 5.02 Å². The maximum atomic E-state index is 13.9. The van der Waals surface area contributed by atoms with E-state index in [0.29, 0.717) is 10.2 Å². The molecule has 1 amide bonds. The smallest absolute Gasteiger partial charge is 0.264 e. The second-order valence-electron chi connectivity index (χ2n) is 8.14. The number of aromatic nitrogens is 2. The highest BCUT2D eigenvalue weighted by Gasteiger charge is 2.29. The van der Waals surface area contributed by atoms with E-state index in [9.17, 15) is 13.2 Å². The predicted molar refractivity (Wildman–Crippen MR) is 151 cm³/mol. The van der Waals surface area contributed by atoms with E-state index in [4.69, 9.17) is 11.6 Å². The number of carbonyl (C=O) groups is 1. The van der Waals surface area contributed by atoms with Crippen LogP contribution in [-0.2, 0) is 16.6 Å². The summed E-state index contributed by atoms with van der Waals surface area (Å²) in [5, 5.41) is 11.8. The average Bonchev–Trinajstić information content (AvgIpc) is 3.34. The van der Waals surface area contributed by atoms with Gasteiger partial charge in [-0.05, 0) is 55.3 Å². The maximum absolute atomic E-state index is 13.9. The number of carbonyl (C=O) groups excluding carboxylic acids is 1. The maximum Gasteiger partial charge on any atom is 0.264 e. The van der Waals surface area contributed by atoms with Gasteiger partial charge in [0.15, 0.2) is 4.34 Å². The van der Waals surface area contributed by atoms with Gasteiger partial charge in [0.1, 0.15) is 0 Å². The molecular weight excluding hydrogens is 548 g/mol. The molecule has 0 saturated heterocycles. The molecule has 11 heteroatoms. The number of aryl methyl sites for hydroxylation is 1. The summed E-state index contributed by atoms with van der Waals surface area (Å²) >= 11 is 8.90. The molecule has 0 aliphatic carbocycles. The number of nitrogens with one attached hydrogen (secondary N) is 1. The molecule has 0 atom stereocenters. The third-order valence-corrected chi connectivity index (χ3v) is 9.53. The molecule has 3 aromatic carbocycles. The van der Waals surface area contributed by atoms with Gasteiger partial charge in [-0.2, -0.15) is 0 Å². The van der Waals surface area contributed by atoms with Crippen molar-refractivity contribution in [1.82, 2.24) is 10.2 Å². The lowest BCUT2D eigenvalue weighted by Gasteiger charge is -2.26. The zero-order valence-electron chi connectivity index (χ0n) is 20.2. The van der Waals surface area contributed by atoms with Crippen LogP contribution in [-0.4, -0.2) is 30.3 Å². The van der Waals surface area contributed by atoms with Gasteiger partial charge in [0, 0.05) is 10.8 Å². The molecule has 1 aromatic heterocycles. The monoisotopic (exact) mass is 572 g/mol. The summed E-state index contributed by atoms with van der Waals surface area (Å²) in [7, 11) is -4.02. The lowest BCUT2D eigenvalue weighted by Crippen LogP contribution is -2.32. The Balaban J connectivity index is 1.72. The van der Waals surface area contributed by atoms with Crippen molar-refractivity contribution in [3.63, 3.8) is 0 Å². The molecule has 0 unspecified atom stereocenters. The Morgan fingerprint density at radius 2 is 1.73 bits per heavy atom. The van der Waals surface area contributed by atoms with Gasteiger partial charge in [0.05, 0.1) is 22.7 Å². The molecule has 0 aliphatic heterocycles. The van der Waals surface area contributed by atoms with Crippen LogP contribution in [0.4, 0.5) is 10.8 Å². The van der Waals surface area contributed by atoms with Gasteiger partial charge >= 0.3 is 0 Å². The summed E-state index contributed by atoms with van der Waals surface area (Å²) < 4.78 is 29.8. The highest BCUT2D eigenvalue weighted by molar-refractivity contribution is 8.01. The van der Waals surface area contributed by atoms with Crippen molar-refractivity contribution in [3.8, 4) is 0 Å². The van der Waals surface area contributed by atoms with E-state index in [0.717, 1.165) is 27.6 Å². The van der Waals surface area contributed by atoms with Gasteiger partial charge in [-0.1, -0.05) is 83.6 Å². The van der Waals surface area contributed by atoms with Crippen molar-refractivity contribution in [2.75, 3.05) is 15.4 Å². The molecule has 0 radical (unpaired) electrons.